The molecule has 0 aliphatic carbocycles. The first-order chi connectivity index (χ1) is 10.7. The first-order valence-corrected chi connectivity index (χ1v) is 9.46. The van der Waals surface area contributed by atoms with E-state index in [1.807, 2.05) is 6.92 Å². The molecule has 23 heavy (non-hydrogen) atoms. The zero-order valence-corrected chi connectivity index (χ0v) is 15.0. The lowest BCUT2D eigenvalue weighted by molar-refractivity contribution is -0.117. The Morgan fingerprint density at radius 2 is 2.17 bits per heavy atom. The lowest BCUT2D eigenvalue weighted by atomic mass is 10.2. The summed E-state index contributed by atoms with van der Waals surface area (Å²) in [6, 6.07) is 3.29. The molecule has 8 heteroatoms. The van der Waals surface area contributed by atoms with Gasteiger partial charge in [-0.3, -0.25) is 9.69 Å². The van der Waals surface area contributed by atoms with Gasteiger partial charge in [0.2, 0.25) is 5.91 Å². The van der Waals surface area contributed by atoms with Gasteiger partial charge >= 0.3 is 0 Å². The summed E-state index contributed by atoms with van der Waals surface area (Å²) in [4.78, 5) is 14.0. The Kier molecular flexibility index (Phi) is 5.54. The molecule has 1 heterocycles. The highest BCUT2D eigenvalue weighted by atomic mass is 35.5. The third kappa shape index (κ3) is 4.59. The minimum atomic E-state index is -2.96. The van der Waals surface area contributed by atoms with E-state index >= 15 is 0 Å². The number of halogens is 1. The number of hydrogen-bond acceptors (Lipinski definition) is 5. The third-order valence-electron chi connectivity index (χ3n) is 3.98. The van der Waals surface area contributed by atoms with Crippen LogP contribution in [0.2, 0.25) is 5.02 Å². The molecule has 1 aromatic carbocycles. The second-order valence-corrected chi connectivity index (χ2v) is 8.46. The predicted molar refractivity (Wildman–Crippen MR) is 91.1 cm³/mol. The molecule has 1 aliphatic heterocycles. The van der Waals surface area contributed by atoms with Gasteiger partial charge in [0.15, 0.2) is 9.84 Å². The zero-order chi connectivity index (χ0) is 17.2. The van der Waals surface area contributed by atoms with E-state index in [9.17, 15) is 13.2 Å². The van der Waals surface area contributed by atoms with Crippen molar-refractivity contribution >= 4 is 33.0 Å². The van der Waals surface area contributed by atoms with Crippen molar-refractivity contribution in [2.45, 2.75) is 19.4 Å². The second kappa shape index (κ2) is 7.07. The van der Waals surface area contributed by atoms with Crippen LogP contribution in [0.4, 0.5) is 5.69 Å². The van der Waals surface area contributed by atoms with Crippen LogP contribution >= 0.6 is 11.6 Å². The van der Waals surface area contributed by atoms with Crippen molar-refractivity contribution in [1.82, 2.24) is 4.90 Å². The number of nitrogens with one attached hydrogen (secondary N) is 1. The molecule has 0 aromatic heterocycles. The molecule has 1 atom stereocenters. The lowest BCUT2D eigenvalue weighted by Crippen LogP contribution is -2.38. The summed E-state index contributed by atoms with van der Waals surface area (Å²) in [7, 11) is 0.301. The quantitative estimate of drug-likeness (QED) is 0.865. The summed E-state index contributed by atoms with van der Waals surface area (Å²) in [5, 5.41) is 3.35. The van der Waals surface area contributed by atoms with Crippen LogP contribution in [-0.4, -0.2) is 57.5 Å². The minimum absolute atomic E-state index is 0.111. The molecule has 0 saturated carbocycles. The van der Waals surface area contributed by atoms with E-state index in [1.54, 1.807) is 24.1 Å². The van der Waals surface area contributed by atoms with Crippen LogP contribution in [0.15, 0.2) is 12.1 Å². The summed E-state index contributed by atoms with van der Waals surface area (Å²) in [5.74, 6) is 0.561. The van der Waals surface area contributed by atoms with E-state index in [0.29, 0.717) is 22.9 Å². The number of benzene rings is 1. The third-order valence-corrected chi connectivity index (χ3v) is 6.14. The van der Waals surface area contributed by atoms with Crippen LogP contribution in [0.3, 0.4) is 0 Å². The van der Waals surface area contributed by atoms with Gasteiger partial charge in [0, 0.05) is 17.1 Å². The normalized spacial score (nSPS) is 19.8. The van der Waals surface area contributed by atoms with Gasteiger partial charge in [-0.2, -0.15) is 0 Å². The highest BCUT2D eigenvalue weighted by Crippen LogP contribution is 2.31. The molecular formula is C15H21ClN2O4S. The van der Waals surface area contributed by atoms with E-state index < -0.39 is 9.84 Å². The van der Waals surface area contributed by atoms with E-state index in [2.05, 4.69) is 5.32 Å². The Morgan fingerprint density at radius 1 is 1.48 bits per heavy atom. The maximum absolute atomic E-state index is 12.2. The number of ether oxygens (including phenoxy) is 1. The van der Waals surface area contributed by atoms with Gasteiger partial charge in [0.25, 0.3) is 0 Å². The van der Waals surface area contributed by atoms with Crippen molar-refractivity contribution < 1.29 is 17.9 Å². The number of hydrogen-bond donors (Lipinski definition) is 1. The first-order valence-electron chi connectivity index (χ1n) is 7.26. The first kappa shape index (κ1) is 18.0. The summed E-state index contributed by atoms with van der Waals surface area (Å²) >= 11 is 6.04. The number of sulfone groups is 1. The topological polar surface area (TPSA) is 75.7 Å². The Hall–Kier alpha value is -1.31. The van der Waals surface area contributed by atoms with Crippen molar-refractivity contribution in [3.05, 3.63) is 22.7 Å². The van der Waals surface area contributed by atoms with Crippen molar-refractivity contribution in [2.24, 2.45) is 0 Å². The smallest absolute Gasteiger partial charge is 0.238 e. The van der Waals surface area contributed by atoms with Crippen molar-refractivity contribution in [3.63, 3.8) is 0 Å². The maximum atomic E-state index is 12.2. The molecule has 0 bridgehead atoms. The number of aryl methyl sites for hydroxylation is 1. The van der Waals surface area contributed by atoms with Crippen LogP contribution in [-0.2, 0) is 14.6 Å². The zero-order valence-electron chi connectivity index (χ0n) is 13.4. The van der Waals surface area contributed by atoms with Gasteiger partial charge in [-0.25, -0.2) is 8.42 Å². The van der Waals surface area contributed by atoms with Crippen LogP contribution in [0, 0.1) is 6.92 Å². The fraction of sp³-hybridized carbons (Fsp3) is 0.533. The number of rotatable bonds is 5. The summed E-state index contributed by atoms with van der Waals surface area (Å²) in [6.45, 7) is 1.96. The molecule has 1 amide bonds. The second-order valence-electron chi connectivity index (χ2n) is 5.82. The van der Waals surface area contributed by atoms with Crippen LogP contribution in [0.1, 0.15) is 12.0 Å². The number of carbonyl (C=O) groups is 1. The van der Waals surface area contributed by atoms with E-state index in [0.717, 1.165) is 5.56 Å². The molecule has 1 fully saturated rings. The number of methoxy groups -OCH3 is 1. The number of amides is 1. The summed E-state index contributed by atoms with van der Waals surface area (Å²) in [6.07, 6.45) is 0.565. The lowest BCUT2D eigenvalue weighted by Gasteiger charge is -2.22. The Morgan fingerprint density at radius 3 is 2.74 bits per heavy atom. The average molecular weight is 361 g/mol. The molecule has 6 nitrogen and oxygen atoms in total. The Bertz CT molecular complexity index is 706. The van der Waals surface area contributed by atoms with Gasteiger partial charge in [-0.1, -0.05) is 11.6 Å². The molecule has 128 valence electrons. The largest absolute Gasteiger partial charge is 0.495 e. The fourth-order valence-electron chi connectivity index (χ4n) is 2.60. The summed E-state index contributed by atoms with van der Waals surface area (Å²) in [5.41, 5.74) is 1.38. The number of anilines is 1. The monoisotopic (exact) mass is 360 g/mol. The van der Waals surface area contributed by atoms with Gasteiger partial charge in [-0.15, -0.1) is 0 Å². The van der Waals surface area contributed by atoms with Gasteiger partial charge in [0.1, 0.15) is 5.75 Å². The number of carbonyl (C=O) groups excluding carboxylic acids is 1. The van der Waals surface area contributed by atoms with Gasteiger partial charge < -0.3 is 10.1 Å². The minimum Gasteiger partial charge on any atom is -0.495 e. The van der Waals surface area contributed by atoms with E-state index in [1.165, 1.54) is 7.11 Å². The molecule has 1 N–H and O–H groups in total. The predicted octanol–water partition coefficient (Wildman–Crippen LogP) is 1.71. The Labute approximate surface area is 141 Å². The van der Waals surface area contributed by atoms with Crippen LogP contribution < -0.4 is 10.1 Å². The molecule has 0 unspecified atom stereocenters. The number of nitrogens with zero attached hydrogens (tertiary/aromatic N) is 1. The molecule has 1 saturated heterocycles. The number of likely N-dealkylation sites (N-methyl/N-ethyl adjacent to an activating group) is 1. The van der Waals surface area contributed by atoms with Gasteiger partial charge in [-0.05, 0) is 32.0 Å². The SMILES string of the molecule is COc1cc(Cl)c(C)cc1NC(=O)CN(C)[C@@H]1CCS(=O)(=O)C1. The van der Waals surface area contributed by atoms with Gasteiger partial charge in [0.05, 0.1) is 30.8 Å². The highest BCUT2D eigenvalue weighted by Gasteiger charge is 2.31. The average Bonchev–Trinajstić information content (AvgIpc) is 2.83. The standard InChI is InChI=1S/C15H21ClN2O4S/c1-10-6-13(14(22-3)7-12(10)16)17-15(19)8-18(2)11-4-5-23(20,21)9-11/h6-7,11H,4-5,8-9H2,1-3H3,(H,17,19)/t11-/m1/s1. The summed E-state index contributed by atoms with van der Waals surface area (Å²) < 4.78 is 28.3. The van der Waals surface area contributed by atoms with Crippen LogP contribution in [0.25, 0.3) is 0 Å². The Balaban J connectivity index is 2.01. The highest BCUT2D eigenvalue weighted by molar-refractivity contribution is 7.91. The molecule has 0 radical (unpaired) electrons. The van der Waals surface area contributed by atoms with Crippen molar-refractivity contribution in [1.29, 1.82) is 0 Å². The van der Waals surface area contributed by atoms with Crippen molar-refractivity contribution in [3.8, 4) is 5.75 Å². The van der Waals surface area contributed by atoms with Crippen LogP contribution in [0.5, 0.6) is 5.75 Å². The molecular weight excluding hydrogens is 340 g/mol. The van der Waals surface area contributed by atoms with Crippen molar-refractivity contribution in [2.75, 3.05) is 37.5 Å². The molecule has 0 spiro atoms. The molecule has 1 aromatic rings. The molecule has 2 rings (SSSR count). The maximum Gasteiger partial charge on any atom is 0.238 e. The fourth-order valence-corrected chi connectivity index (χ4v) is 4.56. The van der Waals surface area contributed by atoms with E-state index in [-0.39, 0.29) is 30.0 Å². The van der Waals surface area contributed by atoms with E-state index in [4.69, 9.17) is 16.3 Å². The molecule has 1 aliphatic rings.